The molecular formula is C13H15NO4. The lowest BCUT2D eigenvalue weighted by Gasteiger charge is -2.16. The van der Waals surface area contributed by atoms with Crippen LogP contribution in [0.25, 0.3) is 0 Å². The van der Waals surface area contributed by atoms with Crippen LogP contribution in [0.2, 0.25) is 0 Å². The van der Waals surface area contributed by atoms with Gasteiger partial charge in [-0.1, -0.05) is 6.07 Å². The van der Waals surface area contributed by atoms with Crippen molar-refractivity contribution in [2.24, 2.45) is 0 Å². The smallest absolute Gasteiger partial charge is 0.338 e. The number of hydrogen-bond acceptors (Lipinski definition) is 4. The van der Waals surface area contributed by atoms with Crippen molar-refractivity contribution in [3.05, 3.63) is 29.8 Å². The van der Waals surface area contributed by atoms with Crippen LogP contribution in [0, 0.1) is 0 Å². The Bertz CT molecular complexity index is 472. The van der Waals surface area contributed by atoms with E-state index in [2.05, 4.69) is 0 Å². The minimum absolute atomic E-state index is 0.129. The third kappa shape index (κ3) is 2.51. The lowest BCUT2D eigenvalue weighted by Crippen LogP contribution is -2.25. The summed E-state index contributed by atoms with van der Waals surface area (Å²) in [5.74, 6) is -0.546. The highest BCUT2D eigenvalue weighted by atomic mass is 16.5. The Morgan fingerprint density at radius 1 is 1.56 bits per heavy atom. The molecule has 5 nitrogen and oxygen atoms in total. The second kappa shape index (κ2) is 5.18. The van der Waals surface area contributed by atoms with Crippen molar-refractivity contribution >= 4 is 17.6 Å². The molecule has 1 aromatic rings. The van der Waals surface area contributed by atoms with E-state index in [9.17, 15) is 14.7 Å². The highest BCUT2D eigenvalue weighted by Gasteiger charge is 2.29. The zero-order valence-corrected chi connectivity index (χ0v) is 10.1. The largest absolute Gasteiger partial charge is 0.462 e. The van der Waals surface area contributed by atoms with E-state index in [0.29, 0.717) is 17.9 Å². The second-order valence-corrected chi connectivity index (χ2v) is 4.13. The summed E-state index contributed by atoms with van der Waals surface area (Å²) < 4.78 is 4.90. The number of nitrogens with zero attached hydrogens (tertiary/aromatic N) is 1. The molecule has 2 rings (SSSR count). The van der Waals surface area contributed by atoms with Gasteiger partial charge in [0.05, 0.1) is 31.2 Å². The predicted octanol–water partition coefficient (Wildman–Crippen LogP) is 0.961. The second-order valence-electron chi connectivity index (χ2n) is 4.13. The van der Waals surface area contributed by atoms with Gasteiger partial charge in [-0.2, -0.15) is 0 Å². The van der Waals surface area contributed by atoms with E-state index in [1.54, 1.807) is 31.2 Å². The van der Waals surface area contributed by atoms with Gasteiger partial charge < -0.3 is 14.7 Å². The predicted molar refractivity (Wildman–Crippen MR) is 65.4 cm³/mol. The zero-order valence-electron chi connectivity index (χ0n) is 10.1. The van der Waals surface area contributed by atoms with Crippen molar-refractivity contribution in [2.75, 3.05) is 18.1 Å². The number of benzene rings is 1. The third-order valence-corrected chi connectivity index (χ3v) is 2.77. The molecule has 1 N–H and O–H groups in total. The van der Waals surface area contributed by atoms with Crippen LogP contribution in [-0.4, -0.2) is 36.2 Å². The zero-order chi connectivity index (χ0) is 13.1. The highest BCUT2D eigenvalue weighted by molar-refractivity contribution is 5.98. The molecule has 1 fully saturated rings. The first kappa shape index (κ1) is 12.6. The van der Waals surface area contributed by atoms with Gasteiger partial charge in [0.15, 0.2) is 0 Å². The number of carbonyl (C=O) groups is 2. The third-order valence-electron chi connectivity index (χ3n) is 2.77. The van der Waals surface area contributed by atoms with Crippen molar-refractivity contribution < 1.29 is 19.4 Å². The first-order chi connectivity index (χ1) is 8.61. The summed E-state index contributed by atoms with van der Waals surface area (Å²) >= 11 is 0. The minimum Gasteiger partial charge on any atom is -0.462 e. The van der Waals surface area contributed by atoms with Crippen molar-refractivity contribution in [3.63, 3.8) is 0 Å². The number of aliphatic hydroxyl groups excluding tert-OH is 1. The van der Waals surface area contributed by atoms with Gasteiger partial charge in [-0.25, -0.2) is 4.79 Å². The first-order valence-electron chi connectivity index (χ1n) is 5.87. The molecule has 1 atom stereocenters. The average Bonchev–Trinajstić information content (AvgIpc) is 2.69. The van der Waals surface area contributed by atoms with E-state index in [1.165, 1.54) is 4.90 Å². The van der Waals surface area contributed by atoms with Crippen LogP contribution in [0.15, 0.2) is 24.3 Å². The number of ether oxygens (including phenoxy) is 1. The fourth-order valence-electron chi connectivity index (χ4n) is 1.95. The monoisotopic (exact) mass is 249 g/mol. The standard InChI is InChI=1S/C13H15NO4/c1-2-18-13(17)9-4-3-5-10(6-9)14-8-11(15)7-12(14)16/h3-6,11,15H,2,7-8H2,1H3. The number of aliphatic hydroxyl groups is 1. The minimum atomic E-state index is -0.635. The number of rotatable bonds is 3. The van der Waals surface area contributed by atoms with Crippen LogP contribution in [0.4, 0.5) is 5.69 Å². The van der Waals surface area contributed by atoms with E-state index >= 15 is 0 Å². The van der Waals surface area contributed by atoms with Gasteiger partial charge in [-0.15, -0.1) is 0 Å². The molecule has 1 aromatic carbocycles. The van der Waals surface area contributed by atoms with Crippen LogP contribution in [-0.2, 0) is 9.53 Å². The Labute approximate surface area is 105 Å². The molecule has 1 amide bonds. The molecule has 0 aromatic heterocycles. The fourth-order valence-corrected chi connectivity index (χ4v) is 1.95. The number of anilines is 1. The fraction of sp³-hybridized carbons (Fsp3) is 0.385. The molecule has 0 radical (unpaired) electrons. The Kier molecular flexibility index (Phi) is 3.62. The van der Waals surface area contributed by atoms with Gasteiger partial charge in [0.25, 0.3) is 0 Å². The van der Waals surface area contributed by atoms with Crippen molar-refractivity contribution in [1.29, 1.82) is 0 Å². The molecular weight excluding hydrogens is 234 g/mol. The van der Waals surface area contributed by atoms with E-state index in [0.717, 1.165) is 0 Å². The molecule has 0 aliphatic carbocycles. The van der Waals surface area contributed by atoms with Crippen LogP contribution in [0.3, 0.4) is 0 Å². The SMILES string of the molecule is CCOC(=O)c1cccc(N2CC(O)CC2=O)c1. The van der Waals surface area contributed by atoms with Gasteiger partial charge in [-0.05, 0) is 25.1 Å². The quantitative estimate of drug-likeness (QED) is 0.810. The Morgan fingerprint density at radius 3 is 2.94 bits per heavy atom. The maximum Gasteiger partial charge on any atom is 0.338 e. The summed E-state index contributed by atoms with van der Waals surface area (Å²) in [6, 6.07) is 6.67. The van der Waals surface area contributed by atoms with Gasteiger partial charge in [0, 0.05) is 5.69 Å². The molecule has 96 valence electrons. The summed E-state index contributed by atoms with van der Waals surface area (Å²) in [5.41, 5.74) is 1.02. The summed E-state index contributed by atoms with van der Waals surface area (Å²) in [7, 11) is 0. The van der Waals surface area contributed by atoms with Gasteiger partial charge >= 0.3 is 5.97 Å². The maximum absolute atomic E-state index is 11.6. The van der Waals surface area contributed by atoms with Crippen LogP contribution >= 0.6 is 0 Å². The average molecular weight is 249 g/mol. The summed E-state index contributed by atoms with van der Waals surface area (Å²) in [6.45, 7) is 2.32. The molecule has 1 heterocycles. The Morgan fingerprint density at radius 2 is 2.33 bits per heavy atom. The van der Waals surface area contributed by atoms with Crippen LogP contribution in [0.5, 0.6) is 0 Å². The number of hydrogen-bond donors (Lipinski definition) is 1. The number of β-amino-alcohol motifs (C(OH)–C–C–N with tert-alkyl or cyclic N) is 1. The van der Waals surface area contributed by atoms with Crippen molar-refractivity contribution in [2.45, 2.75) is 19.4 Å². The van der Waals surface area contributed by atoms with E-state index in [-0.39, 0.29) is 18.9 Å². The lowest BCUT2D eigenvalue weighted by atomic mass is 10.2. The normalized spacial score (nSPS) is 19.1. The Balaban J connectivity index is 2.22. The maximum atomic E-state index is 11.6. The van der Waals surface area contributed by atoms with Crippen molar-refractivity contribution in [1.82, 2.24) is 0 Å². The topological polar surface area (TPSA) is 66.8 Å². The summed E-state index contributed by atoms with van der Waals surface area (Å²) in [5, 5.41) is 9.44. The molecule has 0 saturated carbocycles. The van der Waals surface area contributed by atoms with E-state index < -0.39 is 12.1 Å². The van der Waals surface area contributed by atoms with Gasteiger partial charge in [-0.3, -0.25) is 4.79 Å². The number of carbonyl (C=O) groups excluding carboxylic acids is 2. The van der Waals surface area contributed by atoms with Gasteiger partial charge in [0.1, 0.15) is 0 Å². The first-order valence-corrected chi connectivity index (χ1v) is 5.87. The molecule has 0 spiro atoms. The molecule has 1 aliphatic heterocycles. The van der Waals surface area contributed by atoms with E-state index in [1.807, 2.05) is 0 Å². The lowest BCUT2D eigenvalue weighted by molar-refractivity contribution is -0.117. The summed E-state index contributed by atoms with van der Waals surface area (Å²) in [6.07, 6.45) is -0.507. The van der Waals surface area contributed by atoms with Crippen LogP contribution in [0.1, 0.15) is 23.7 Å². The molecule has 1 aliphatic rings. The number of esters is 1. The molecule has 1 saturated heterocycles. The summed E-state index contributed by atoms with van der Waals surface area (Å²) in [4.78, 5) is 24.7. The van der Waals surface area contributed by atoms with Crippen LogP contribution < -0.4 is 4.90 Å². The molecule has 5 heteroatoms. The highest BCUT2D eigenvalue weighted by Crippen LogP contribution is 2.22. The molecule has 0 bridgehead atoms. The van der Waals surface area contributed by atoms with E-state index in [4.69, 9.17) is 4.74 Å². The molecule has 18 heavy (non-hydrogen) atoms. The van der Waals surface area contributed by atoms with Crippen molar-refractivity contribution in [3.8, 4) is 0 Å². The molecule has 1 unspecified atom stereocenters. The Hall–Kier alpha value is -1.88. The number of amides is 1. The van der Waals surface area contributed by atoms with Gasteiger partial charge in [0.2, 0.25) is 5.91 Å².